The largest absolute Gasteiger partial charge is 0.246 e. The molecule has 0 saturated heterocycles. The summed E-state index contributed by atoms with van der Waals surface area (Å²) in [4.78, 5) is 13.2. The topological polar surface area (TPSA) is 29.4 Å². The predicted octanol–water partition coefficient (Wildman–Crippen LogP) is 2.59. The van der Waals surface area contributed by atoms with Crippen LogP contribution in [0, 0.1) is 0 Å². The normalized spacial score (nSPS) is 9.38. The number of alkyl halides is 2. The van der Waals surface area contributed by atoms with Gasteiger partial charge in [-0.3, -0.25) is 0 Å². The smallest absolute Gasteiger partial charge is 0.240 e. The van der Waals surface area contributed by atoms with Gasteiger partial charge >= 0.3 is 0 Å². The summed E-state index contributed by atoms with van der Waals surface area (Å²) >= 11 is 0. The third-order valence-electron chi connectivity index (χ3n) is 1.52. The third-order valence-corrected chi connectivity index (χ3v) is 1.52. The maximum absolute atomic E-state index is 12.2. The summed E-state index contributed by atoms with van der Waals surface area (Å²) in [5.74, 6) is 0. The summed E-state index contributed by atoms with van der Waals surface area (Å²) < 4.78 is 24.4. The Morgan fingerprint density at radius 3 is 2.08 bits per heavy atom. The van der Waals surface area contributed by atoms with Crippen LogP contribution in [-0.2, 0) is 18.1 Å². The molecular formula is C9H7F2NO. The number of nitrogens with zero attached hydrogens (tertiary/aromatic N) is 1. The van der Waals surface area contributed by atoms with Crippen LogP contribution in [0.25, 0.3) is 0 Å². The summed E-state index contributed by atoms with van der Waals surface area (Å²) in [6, 6.07) is 4.15. The zero-order valence-electron chi connectivity index (χ0n) is 6.76. The van der Waals surface area contributed by atoms with Crippen molar-refractivity contribution < 1.29 is 13.6 Å². The fourth-order valence-corrected chi connectivity index (χ4v) is 1.01. The standard InChI is InChI=1S/C9H7F2NO/c10-4-7-1-8(5-11)3-9(2-7)12-6-13/h1-3H,4-5H2. The second-order valence-electron chi connectivity index (χ2n) is 2.48. The van der Waals surface area contributed by atoms with Gasteiger partial charge in [-0.2, -0.15) is 4.99 Å². The molecule has 0 radical (unpaired) electrons. The summed E-state index contributed by atoms with van der Waals surface area (Å²) in [5.41, 5.74) is 0.853. The molecule has 1 aromatic rings. The molecule has 0 amide bonds. The average molecular weight is 183 g/mol. The second kappa shape index (κ2) is 4.48. The molecule has 0 N–H and O–H groups in total. The van der Waals surface area contributed by atoms with E-state index in [9.17, 15) is 13.6 Å². The van der Waals surface area contributed by atoms with E-state index in [1.54, 1.807) is 0 Å². The van der Waals surface area contributed by atoms with Gasteiger partial charge in [0, 0.05) is 0 Å². The highest BCUT2D eigenvalue weighted by molar-refractivity contribution is 5.51. The summed E-state index contributed by atoms with van der Waals surface area (Å²) in [6.07, 6.45) is 1.32. The van der Waals surface area contributed by atoms with Crippen LogP contribution in [0.3, 0.4) is 0 Å². The Bertz CT molecular complexity index is 323. The molecule has 0 aromatic heterocycles. The highest BCUT2D eigenvalue weighted by Gasteiger charge is 1.99. The van der Waals surface area contributed by atoms with Crippen LogP contribution in [0.4, 0.5) is 14.5 Å². The molecule has 0 bridgehead atoms. The zero-order chi connectivity index (χ0) is 9.68. The van der Waals surface area contributed by atoms with Crippen LogP contribution in [-0.4, -0.2) is 6.08 Å². The van der Waals surface area contributed by atoms with Gasteiger partial charge in [0.2, 0.25) is 6.08 Å². The van der Waals surface area contributed by atoms with E-state index in [1.807, 2.05) is 0 Å². The molecule has 13 heavy (non-hydrogen) atoms. The van der Waals surface area contributed by atoms with Gasteiger partial charge < -0.3 is 0 Å². The van der Waals surface area contributed by atoms with Crippen LogP contribution in [0.5, 0.6) is 0 Å². The van der Waals surface area contributed by atoms with Crippen LogP contribution >= 0.6 is 0 Å². The molecule has 0 aliphatic heterocycles. The summed E-state index contributed by atoms with van der Waals surface area (Å²) in [6.45, 7) is -1.40. The minimum atomic E-state index is -0.699. The molecule has 0 fully saturated rings. The van der Waals surface area contributed by atoms with Gasteiger partial charge in [0.05, 0.1) is 5.69 Å². The summed E-state index contributed by atoms with van der Waals surface area (Å²) in [5, 5.41) is 0. The molecule has 0 unspecified atom stereocenters. The van der Waals surface area contributed by atoms with E-state index < -0.39 is 13.3 Å². The molecule has 0 spiro atoms. The quantitative estimate of drug-likeness (QED) is 0.523. The van der Waals surface area contributed by atoms with Crippen molar-refractivity contribution in [2.45, 2.75) is 13.3 Å². The molecule has 68 valence electrons. The van der Waals surface area contributed by atoms with E-state index in [-0.39, 0.29) is 5.69 Å². The third kappa shape index (κ3) is 2.46. The molecule has 0 saturated carbocycles. The molecule has 1 rings (SSSR count). The number of rotatable bonds is 3. The van der Waals surface area contributed by atoms with Crippen molar-refractivity contribution in [1.29, 1.82) is 0 Å². The Morgan fingerprint density at radius 2 is 1.69 bits per heavy atom. The molecule has 0 heterocycles. The Hall–Kier alpha value is -1.54. The highest BCUT2D eigenvalue weighted by atomic mass is 19.1. The lowest BCUT2D eigenvalue weighted by Gasteiger charge is -1.99. The maximum atomic E-state index is 12.2. The lowest BCUT2D eigenvalue weighted by atomic mass is 10.1. The van der Waals surface area contributed by atoms with E-state index in [0.717, 1.165) is 0 Å². The Morgan fingerprint density at radius 1 is 1.15 bits per heavy atom. The van der Waals surface area contributed by atoms with Crippen LogP contribution in [0.1, 0.15) is 11.1 Å². The minimum absolute atomic E-state index is 0.234. The van der Waals surface area contributed by atoms with Crippen molar-refractivity contribution in [3.05, 3.63) is 29.3 Å². The monoisotopic (exact) mass is 183 g/mol. The SMILES string of the molecule is O=C=Nc1cc(CF)cc(CF)c1. The van der Waals surface area contributed by atoms with E-state index >= 15 is 0 Å². The predicted molar refractivity (Wildman–Crippen MR) is 43.8 cm³/mol. The first-order chi connectivity index (χ1) is 6.30. The number of hydrogen-bond donors (Lipinski definition) is 0. The fourth-order valence-electron chi connectivity index (χ4n) is 1.01. The van der Waals surface area contributed by atoms with E-state index in [1.165, 1.54) is 24.3 Å². The zero-order valence-corrected chi connectivity index (χ0v) is 6.76. The van der Waals surface area contributed by atoms with Gasteiger partial charge in [0.25, 0.3) is 0 Å². The number of hydrogen-bond acceptors (Lipinski definition) is 2. The fraction of sp³-hybridized carbons (Fsp3) is 0.222. The molecular weight excluding hydrogens is 176 g/mol. The molecule has 2 nitrogen and oxygen atoms in total. The molecule has 0 atom stereocenters. The van der Waals surface area contributed by atoms with E-state index in [0.29, 0.717) is 11.1 Å². The second-order valence-corrected chi connectivity index (χ2v) is 2.48. The van der Waals surface area contributed by atoms with Crippen molar-refractivity contribution in [2.24, 2.45) is 4.99 Å². The minimum Gasteiger partial charge on any atom is -0.246 e. The number of benzene rings is 1. The summed E-state index contributed by atoms with van der Waals surface area (Å²) in [7, 11) is 0. The maximum Gasteiger partial charge on any atom is 0.240 e. The highest BCUT2D eigenvalue weighted by Crippen LogP contribution is 2.18. The lowest BCUT2D eigenvalue weighted by Crippen LogP contribution is -1.83. The van der Waals surface area contributed by atoms with Crippen molar-refractivity contribution >= 4 is 11.8 Å². The number of aliphatic imine (C=N–C) groups is 1. The molecule has 0 aliphatic carbocycles. The van der Waals surface area contributed by atoms with Gasteiger partial charge in [0.1, 0.15) is 13.3 Å². The number of isocyanates is 1. The van der Waals surface area contributed by atoms with Gasteiger partial charge in [-0.1, -0.05) is 6.07 Å². The van der Waals surface area contributed by atoms with Crippen molar-refractivity contribution in [2.75, 3.05) is 0 Å². The van der Waals surface area contributed by atoms with Crippen molar-refractivity contribution in [1.82, 2.24) is 0 Å². The molecule has 1 aromatic carbocycles. The Balaban J connectivity index is 3.14. The van der Waals surface area contributed by atoms with Gasteiger partial charge in [0.15, 0.2) is 0 Å². The van der Waals surface area contributed by atoms with E-state index in [4.69, 9.17) is 0 Å². The molecule has 4 heteroatoms. The first-order valence-corrected chi connectivity index (χ1v) is 3.63. The molecule has 0 aliphatic rings. The average Bonchev–Trinajstić information content (AvgIpc) is 2.17. The van der Waals surface area contributed by atoms with Crippen LogP contribution < -0.4 is 0 Å². The van der Waals surface area contributed by atoms with Gasteiger partial charge in [-0.15, -0.1) is 0 Å². The van der Waals surface area contributed by atoms with Gasteiger partial charge in [-0.25, -0.2) is 13.6 Å². The first kappa shape index (κ1) is 9.55. The van der Waals surface area contributed by atoms with Gasteiger partial charge in [-0.05, 0) is 23.3 Å². The first-order valence-electron chi connectivity index (χ1n) is 3.63. The van der Waals surface area contributed by atoms with Crippen molar-refractivity contribution in [3.8, 4) is 0 Å². The Kier molecular flexibility index (Phi) is 3.29. The number of halogens is 2. The Labute approximate surface area is 73.9 Å². The van der Waals surface area contributed by atoms with Crippen LogP contribution in [0.15, 0.2) is 23.2 Å². The van der Waals surface area contributed by atoms with E-state index in [2.05, 4.69) is 4.99 Å². The lowest BCUT2D eigenvalue weighted by molar-refractivity contribution is 0.475. The van der Waals surface area contributed by atoms with Crippen molar-refractivity contribution in [3.63, 3.8) is 0 Å². The number of carbonyl (C=O) groups excluding carboxylic acids is 1. The van der Waals surface area contributed by atoms with Crippen LogP contribution in [0.2, 0.25) is 0 Å².